The Morgan fingerprint density at radius 3 is 2.45 bits per heavy atom. The Labute approximate surface area is 175 Å². The Hall–Kier alpha value is -3.25. The lowest BCUT2D eigenvalue weighted by Gasteiger charge is -2.22. The van der Waals surface area contributed by atoms with Gasteiger partial charge in [-0.05, 0) is 53.2 Å². The smallest absolute Gasteiger partial charge is 0.231 e. The minimum Gasteiger partial charge on any atom is -0.497 e. The van der Waals surface area contributed by atoms with Gasteiger partial charge in [-0.3, -0.25) is 0 Å². The first-order valence-electron chi connectivity index (χ1n) is 9.35. The fourth-order valence-corrected chi connectivity index (χ4v) is 3.41. The first-order chi connectivity index (χ1) is 14.2. The quantitative estimate of drug-likeness (QED) is 0.599. The molecule has 0 bridgehead atoms. The van der Waals surface area contributed by atoms with Crippen LogP contribution in [0.5, 0.6) is 17.2 Å². The van der Waals surface area contributed by atoms with Crippen LogP contribution in [0.1, 0.15) is 22.7 Å². The molecule has 3 aromatic rings. The molecule has 0 spiro atoms. The summed E-state index contributed by atoms with van der Waals surface area (Å²) in [5, 5.41) is 7.29. The average Bonchev–Trinajstić information content (AvgIpc) is 3.25. The molecule has 2 N–H and O–H groups in total. The van der Waals surface area contributed by atoms with E-state index < -0.39 is 0 Å². The molecule has 1 aliphatic heterocycles. The Morgan fingerprint density at radius 1 is 0.966 bits per heavy atom. The number of ether oxygens (including phenoxy) is 3. The van der Waals surface area contributed by atoms with Crippen molar-refractivity contribution in [3.63, 3.8) is 0 Å². The molecule has 1 atom stereocenters. The minimum absolute atomic E-state index is 0.0705. The van der Waals surface area contributed by atoms with E-state index in [2.05, 4.69) is 22.8 Å². The zero-order chi connectivity index (χ0) is 20.1. The summed E-state index contributed by atoms with van der Waals surface area (Å²) in [7, 11) is 1.66. The summed E-state index contributed by atoms with van der Waals surface area (Å²) in [6.07, 6.45) is 0. The van der Waals surface area contributed by atoms with Gasteiger partial charge in [0.15, 0.2) is 16.6 Å². The van der Waals surface area contributed by atoms with Crippen LogP contribution in [0, 0.1) is 0 Å². The Balaban J connectivity index is 1.46. The maximum Gasteiger partial charge on any atom is 0.231 e. The summed E-state index contributed by atoms with van der Waals surface area (Å²) in [4.78, 5) is 0. The van der Waals surface area contributed by atoms with Crippen LogP contribution in [0.25, 0.3) is 0 Å². The van der Waals surface area contributed by atoms with Gasteiger partial charge < -0.3 is 24.8 Å². The third-order valence-electron chi connectivity index (χ3n) is 4.75. The standard InChI is InChI=1S/C23H22N2O3S/c1-26-19-10-8-18(9-11-19)22(17-5-3-2-4-6-17)25-23(29)24-14-16-7-12-20-21(13-16)28-15-27-20/h2-13,22H,14-15H2,1H3,(H2,24,25,29)/t22-/m1/s1. The summed E-state index contributed by atoms with van der Waals surface area (Å²) in [6.45, 7) is 0.861. The maximum absolute atomic E-state index is 5.57. The summed E-state index contributed by atoms with van der Waals surface area (Å²) >= 11 is 5.57. The minimum atomic E-state index is -0.0705. The molecule has 148 valence electrons. The summed E-state index contributed by atoms with van der Waals surface area (Å²) in [5.74, 6) is 2.37. The highest BCUT2D eigenvalue weighted by atomic mass is 32.1. The highest BCUT2D eigenvalue weighted by molar-refractivity contribution is 7.80. The van der Waals surface area contributed by atoms with Gasteiger partial charge in [0.2, 0.25) is 6.79 Å². The van der Waals surface area contributed by atoms with Crippen molar-refractivity contribution < 1.29 is 14.2 Å². The van der Waals surface area contributed by atoms with E-state index in [0.717, 1.165) is 33.9 Å². The van der Waals surface area contributed by atoms with Crippen molar-refractivity contribution in [1.29, 1.82) is 0 Å². The summed E-state index contributed by atoms with van der Waals surface area (Å²) in [6, 6.07) is 24.0. The van der Waals surface area contributed by atoms with Crippen molar-refractivity contribution in [2.24, 2.45) is 0 Å². The summed E-state index contributed by atoms with van der Waals surface area (Å²) in [5.41, 5.74) is 3.30. The molecule has 0 radical (unpaired) electrons. The number of fused-ring (bicyclic) bond motifs is 1. The SMILES string of the molecule is COc1ccc([C@H](NC(=S)NCc2ccc3c(c2)OCO3)c2ccccc2)cc1. The van der Waals surface area contributed by atoms with Crippen LogP contribution in [-0.4, -0.2) is 19.0 Å². The zero-order valence-corrected chi connectivity index (χ0v) is 16.9. The molecule has 0 saturated carbocycles. The third-order valence-corrected chi connectivity index (χ3v) is 5.01. The van der Waals surface area contributed by atoms with Gasteiger partial charge >= 0.3 is 0 Å². The van der Waals surface area contributed by atoms with Gasteiger partial charge in [0.1, 0.15) is 5.75 Å². The lowest BCUT2D eigenvalue weighted by molar-refractivity contribution is 0.174. The molecule has 5 nitrogen and oxygen atoms in total. The number of hydrogen-bond acceptors (Lipinski definition) is 4. The second-order valence-electron chi connectivity index (χ2n) is 6.63. The van der Waals surface area contributed by atoms with E-state index in [-0.39, 0.29) is 12.8 Å². The first-order valence-corrected chi connectivity index (χ1v) is 9.75. The number of benzene rings is 3. The fourth-order valence-electron chi connectivity index (χ4n) is 3.22. The van der Waals surface area contributed by atoms with E-state index in [1.807, 2.05) is 60.7 Å². The van der Waals surface area contributed by atoms with Gasteiger partial charge in [-0.25, -0.2) is 0 Å². The second-order valence-corrected chi connectivity index (χ2v) is 7.04. The van der Waals surface area contributed by atoms with Crippen LogP contribution < -0.4 is 24.8 Å². The van der Waals surface area contributed by atoms with Crippen LogP contribution in [-0.2, 0) is 6.54 Å². The molecule has 0 fully saturated rings. The molecule has 0 amide bonds. The van der Waals surface area contributed by atoms with E-state index in [9.17, 15) is 0 Å². The molecule has 6 heteroatoms. The predicted molar refractivity (Wildman–Crippen MR) is 116 cm³/mol. The number of rotatable bonds is 6. The zero-order valence-electron chi connectivity index (χ0n) is 16.1. The number of methoxy groups -OCH3 is 1. The van der Waals surface area contributed by atoms with Gasteiger partial charge in [-0.2, -0.15) is 0 Å². The van der Waals surface area contributed by atoms with Gasteiger partial charge in [0.05, 0.1) is 13.2 Å². The monoisotopic (exact) mass is 406 g/mol. The maximum atomic E-state index is 5.57. The van der Waals surface area contributed by atoms with Crippen molar-refractivity contribution in [2.45, 2.75) is 12.6 Å². The molecule has 0 aliphatic carbocycles. The molecule has 29 heavy (non-hydrogen) atoms. The van der Waals surface area contributed by atoms with Crippen molar-refractivity contribution in [3.05, 3.63) is 89.5 Å². The molecule has 3 aromatic carbocycles. The average molecular weight is 407 g/mol. The van der Waals surface area contributed by atoms with Crippen molar-refractivity contribution in [1.82, 2.24) is 10.6 Å². The van der Waals surface area contributed by atoms with E-state index in [1.54, 1.807) is 7.11 Å². The molecular formula is C23H22N2O3S. The highest BCUT2D eigenvalue weighted by Crippen LogP contribution is 2.32. The molecular weight excluding hydrogens is 384 g/mol. The van der Waals surface area contributed by atoms with E-state index >= 15 is 0 Å². The van der Waals surface area contributed by atoms with Gasteiger partial charge in [-0.1, -0.05) is 48.5 Å². The van der Waals surface area contributed by atoms with Crippen LogP contribution >= 0.6 is 12.2 Å². The molecule has 1 heterocycles. The molecule has 4 rings (SSSR count). The number of hydrogen-bond donors (Lipinski definition) is 2. The van der Waals surface area contributed by atoms with Gasteiger partial charge in [0.25, 0.3) is 0 Å². The number of nitrogens with one attached hydrogen (secondary N) is 2. The molecule has 0 aromatic heterocycles. The third kappa shape index (κ3) is 4.60. The Morgan fingerprint density at radius 2 is 1.69 bits per heavy atom. The summed E-state index contributed by atoms with van der Waals surface area (Å²) < 4.78 is 16.1. The van der Waals surface area contributed by atoms with Gasteiger partial charge in [0, 0.05) is 6.54 Å². The Kier molecular flexibility index (Phi) is 5.81. The first kappa shape index (κ1) is 19.1. The van der Waals surface area contributed by atoms with Crippen molar-refractivity contribution in [2.75, 3.05) is 13.9 Å². The predicted octanol–water partition coefficient (Wildman–Crippen LogP) is 4.18. The lowest BCUT2D eigenvalue weighted by Crippen LogP contribution is -2.37. The molecule has 1 aliphatic rings. The largest absolute Gasteiger partial charge is 0.497 e. The lowest BCUT2D eigenvalue weighted by atomic mass is 9.99. The van der Waals surface area contributed by atoms with Crippen LogP contribution in [0.3, 0.4) is 0 Å². The fraction of sp³-hybridized carbons (Fsp3) is 0.174. The van der Waals surface area contributed by atoms with E-state index in [4.69, 9.17) is 26.4 Å². The van der Waals surface area contributed by atoms with E-state index in [0.29, 0.717) is 11.7 Å². The highest BCUT2D eigenvalue weighted by Gasteiger charge is 2.16. The van der Waals surface area contributed by atoms with Gasteiger partial charge in [-0.15, -0.1) is 0 Å². The molecule has 0 saturated heterocycles. The second kappa shape index (κ2) is 8.84. The topological polar surface area (TPSA) is 51.8 Å². The Bertz CT molecular complexity index is 977. The van der Waals surface area contributed by atoms with Crippen LogP contribution in [0.4, 0.5) is 0 Å². The number of thiocarbonyl (C=S) groups is 1. The van der Waals surface area contributed by atoms with Crippen molar-refractivity contribution in [3.8, 4) is 17.2 Å². The normalized spacial score (nSPS) is 12.9. The molecule has 0 unspecified atom stereocenters. The van der Waals surface area contributed by atoms with Crippen LogP contribution in [0.2, 0.25) is 0 Å². The van der Waals surface area contributed by atoms with E-state index in [1.165, 1.54) is 0 Å². The van der Waals surface area contributed by atoms with Crippen molar-refractivity contribution >= 4 is 17.3 Å². The van der Waals surface area contributed by atoms with Crippen LogP contribution in [0.15, 0.2) is 72.8 Å².